The topological polar surface area (TPSA) is 24.5 Å². The third-order valence-electron chi connectivity index (χ3n) is 3.95. The van der Waals surface area contributed by atoms with Crippen molar-refractivity contribution in [1.82, 2.24) is 10.2 Å². The third kappa shape index (κ3) is 5.80. The normalized spacial score (nSPS) is 28.1. The van der Waals surface area contributed by atoms with Crippen molar-refractivity contribution < 1.29 is 4.74 Å². The second kappa shape index (κ2) is 6.11. The molecule has 1 heterocycles. The van der Waals surface area contributed by atoms with Crippen LogP contribution in [0.4, 0.5) is 0 Å². The molecule has 0 spiro atoms. The van der Waals surface area contributed by atoms with Crippen LogP contribution in [-0.2, 0) is 4.74 Å². The number of rotatable bonds is 4. The molecule has 0 saturated carbocycles. The van der Waals surface area contributed by atoms with E-state index in [9.17, 15) is 0 Å². The first-order chi connectivity index (χ1) is 8.50. The summed E-state index contributed by atoms with van der Waals surface area (Å²) in [6, 6.07) is 0.584. The van der Waals surface area contributed by atoms with Crippen molar-refractivity contribution in [3.05, 3.63) is 0 Å². The minimum absolute atomic E-state index is 0.0247. The van der Waals surface area contributed by atoms with E-state index in [1.54, 1.807) is 0 Å². The van der Waals surface area contributed by atoms with Crippen LogP contribution < -0.4 is 5.32 Å². The van der Waals surface area contributed by atoms with E-state index in [-0.39, 0.29) is 11.1 Å². The summed E-state index contributed by atoms with van der Waals surface area (Å²) in [6.45, 7) is 21.1. The molecule has 1 N–H and O–H groups in total. The molecule has 0 aromatic rings. The van der Waals surface area contributed by atoms with Crippen LogP contribution >= 0.6 is 0 Å². The monoisotopic (exact) mass is 270 g/mol. The first kappa shape index (κ1) is 16.9. The largest absolute Gasteiger partial charge is 0.370 e. The van der Waals surface area contributed by atoms with Gasteiger partial charge in [0.05, 0.1) is 11.7 Å². The fourth-order valence-corrected chi connectivity index (χ4v) is 2.81. The first-order valence-corrected chi connectivity index (χ1v) is 7.67. The predicted octanol–water partition coefficient (Wildman–Crippen LogP) is 2.90. The molecule has 1 saturated heterocycles. The molecule has 1 fully saturated rings. The summed E-state index contributed by atoms with van der Waals surface area (Å²) >= 11 is 0. The maximum absolute atomic E-state index is 5.99. The van der Waals surface area contributed by atoms with E-state index in [0.29, 0.717) is 18.1 Å². The number of hydrogen-bond acceptors (Lipinski definition) is 3. The van der Waals surface area contributed by atoms with Gasteiger partial charge in [0.2, 0.25) is 0 Å². The molecular formula is C16H34N2O. The molecule has 1 aliphatic heterocycles. The molecule has 3 heteroatoms. The smallest absolute Gasteiger partial charge is 0.0757 e. The van der Waals surface area contributed by atoms with Crippen molar-refractivity contribution in [2.45, 2.75) is 78.7 Å². The summed E-state index contributed by atoms with van der Waals surface area (Å²) in [5, 5.41) is 3.62. The van der Waals surface area contributed by atoms with Gasteiger partial charge in [0.1, 0.15) is 0 Å². The van der Waals surface area contributed by atoms with Gasteiger partial charge in [-0.1, -0.05) is 6.92 Å². The van der Waals surface area contributed by atoms with Gasteiger partial charge in [-0.05, 0) is 60.9 Å². The van der Waals surface area contributed by atoms with Gasteiger partial charge in [-0.2, -0.15) is 0 Å². The molecule has 3 atom stereocenters. The van der Waals surface area contributed by atoms with E-state index < -0.39 is 0 Å². The molecule has 1 aliphatic rings. The Bertz CT molecular complexity index is 283. The van der Waals surface area contributed by atoms with Crippen LogP contribution in [0.1, 0.15) is 55.4 Å². The lowest BCUT2D eigenvalue weighted by Crippen LogP contribution is -2.56. The second-order valence-electron chi connectivity index (χ2n) is 7.97. The number of hydrogen-bond donors (Lipinski definition) is 1. The van der Waals surface area contributed by atoms with Crippen molar-refractivity contribution in [2.24, 2.45) is 5.92 Å². The number of nitrogens with one attached hydrogen (secondary N) is 1. The van der Waals surface area contributed by atoms with E-state index in [1.807, 2.05) is 0 Å². The summed E-state index contributed by atoms with van der Waals surface area (Å²) in [4.78, 5) is 2.59. The minimum atomic E-state index is -0.0247. The van der Waals surface area contributed by atoms with E-state index in [2.05, 4.69) is 65.6 Å². The highest BCUT2D eigenvalue weighted by molar-refractivity contribution is 4.87. The van der Waals surface area contributed by atoms with E-state index in [1.165, 1.54) is 0 Å². The van der Waals surface area contributed by atoms with Crippen LogP contribution in [0.2, 0.25) is 0 Å². The van der Waals surface area contributed by atoms with E-state index >= 15 is 0 Å². The van der Waals surface area contributed by atoms with Crippen molar-refractivity contribution in [3.63, 3.8) is 0 Å². The fraction of sp³-hybridized carbons (Fsp3) is 1.00. The Labute approximate surface area is 120 Å². The molecule has 19 heavy (non-hydrogen) atoms. The van der Waals surface area contributed by atoms with Gasteiger partial charge < -0.3 is 10.1 Å². The number of ether oxygens (including phenoxy) is 1. The first-order valence-electron chi connectivity index (χ1n) is 7.67. The second-order valence-corrected chi connectivity index (χ2v) is 7.97. The maximum Gasteiger partial charge on any atom is 0.0757 e. The lowest BCUT2D eigenvalue weighted by atomic mass is 9.96. The fourth-order valence-electron chi connectivity index (χ4n) is 2.81. The van der Waals surface area contributed by atoms with Crippen LogP contribution in [0.3, 0.4) is 0 Å². The lowest BCUT2D eigenvalue weighted by Gasteiger charge is -2.46. The molecule has 1 rings (SSSR count). The van der Waals surface area contributed by atoms with E-state index in [4.69, 9.17) is 4.74 Å². The Morgan fingerprint density at radius 1 is 1.32 bits per heavy atom. The molecule has 0 amide bonds. The zero-order valence-corrected chi connectivity index (χ0v) is 14.2. The maximum atomic E-state index is 5.99. The summed E-state index contributed by atoms with van der Waals surface area (Å²) in [6.07, 6.45) is 0.328. The summed E-state index contributed by atoms with van der Waals surface area (Å²) in [5.41, 5.74) is 0.175. The molecule has 0 aliphatic carbocycles. The number of morpholine rings is 1. The van der Waals surface area contributed by atoms with Gasteiger partial charge in [0.15, 0.2) is 0 Å². The summed E-state index contributed by atoms with van der Waals surface area (Å²) < 4.78 is 5.99. The van der Waals surface area contributed by atoms with Gasteiger partial charge >= 0.3 is 0 Å². The Morgan fingerprint density at radius 3 is 2.37 bits per heavy atom. The summed E-state index contributed by atoms with van der Waals surface area (Å²) in [5.74, 6) is 0.639. The zero-order valence-electron chi connectivity index (χ0n) is 14.2. The molecule has 0 radical (unpaired) electrons. The Balaban J connectivity index is 2.54. The van der Waals surface area contributed by atoms with Gasteiger partial charge in [-0.25, -0.2) is 0 Å². The van der Waals surface area contributed by atoms with Gasteiger partial charge in [0.25, 0.3) is 0 Å². The zero-order chi connectivity index (χ0) is 14.8. The highest BCUT2D eigenvalue weighted by atomic mass is 16.5. The Hall–Kier alpha value is -0.120. The average Bonchev–Trinajstić information content (AvgIpc) is 2.20. The highest BCUT2D eigenvalue weighted by Gasteiger charge is 2.34. The Kier molecular flexibility index (Phi) is 5.44. The number of nitrogens with zero attached hydrogens (tertiary/aromatic N) is 1. The molecule has 3 nitrogen and oxygen atoms in total. The van der Waals surface area contributed by atoms with Gasteiger partial charge in [0, 0.05) is 24.7 Å². The minimum Gasteiger partial charge on any atom is -0.370 e. The van der Waals surface area contributed by atoms with Gasteiger partial charge in [-0.15, -0.1) is 0 Å². The molecular weight excluding hydrogens is 236 g/mol. The van der Waals surface area contributed by atoms with E-state index in [0.717, 1.165) is 19.6 Å². The average molecular weight is 270 g/mol. The van der Waals surface area contributed by atoms with Crippen LogP contribution in [-0.4, -0.2) is 47.8 Å². The van der Waals surface area contributed by atoms with Crippen LogP contribution in [0.15, 0.2) is 0 Å². The van der Waals surface area contributed by atoms with Crippen molar-refractivity contribution in [2.75, 3.05) is 19.6 Å². The molecule has 3 unspecified atom stereocenters. The van der Waals surface area contributed by atoms with Gasteiger partial charge in [-0.3, -0.25) is 4.90 Å². The van der Waals surface area contributed by atoms with Crippen LogP contribution in [0.5, 0.6) is 0 Å². The third-order valence-corrected chi connectivity index (χ3v) is 3.95. The van der Waals surface area contributed by atoms with Crippen LogP contribution in [0, 0.1) is 5.92 Å². The lowest BCUT2D eigenvalue weighted by molar-refractivity contribution is -0.140. The Morgan fingerprint density at radius 2 is 1.89 bits per heavy atom. The molecule has 0 aromatic carbocycles. The summed E-state index contributed by atoms with van der Waals surface area (Å²) in [7, 11) is 0. The molecule has 114 valence electrons. The molecule has 0 aromatic heterocycles. The SMILES string of the molecule is CC1CN(C(C)C(C)CNC(C)(C)C)CC(C)(C)O1. The quantitative estimate of drug-likeness (QED) is 0.850. The highest BCUT2D eigenvalue weighted by Crippen LogP contribution is 2.24. The van der Waals surface area contributed by atoms with Crippen molar-refractivity contribution in [1.29, 1.82) is 0 Å². The van der Waals surface area contributed by atoms with Crippen molar-refractivity contribution >= 4 is 0 Å². The standard InChI is InChI=1S/C16H34N2O/c1-12(9-17-15(4,5)6)14(3)18-10-13(2)19-16(7,8)11-18/h12-14,17H,9-11H2,1-8H3. The van der Waals surface area contributed by atoms with Crippen molar-refractivity contribution in [3.8, 4) is 0 Å². The predicted molar refractivity (Wildman–Crippen MR) is 82.6 cm³/mol. The molecule has 0 bridgehead atoms. The van der Waals surface area contributed by atoms with Crippen LogP contribution in [0.25, 0.3) is 0 Å².